The molecule has 2 rings (SSSR count). The lowest BCUT2D eigenvalue weighted by Gasteiger charge is -2.34. The molecule has 2 nitrogen and oxygen atoms in total. The Balaban J connectivity index is 2.70. The van der Waals surface area contributed by atoms with E-state index in [2.05, 4.69) is 41.5 Å². The van der Waals surface area contributed by atoms with Crippen molar-refractivity contribution in [2.24, 2.45) is 5.41 Å². The quantitative estimate of drug-likeness (QED) is 0.750. The molecule has 0 saturated carbocycles. The molecule has 1 aromatic rings. The first-order valence-electron chi connectivity index (χ1n) is 7.33. The van der Waals surface area contributed by atoms with E-state index in [1.54, 1.807) is 6.07 Å². The average molecular weight is 274 g/mol. The second-order valence-electron chi connectivity index (χ2n) is 8.35. The zero-order chi connectivity index (χ0) is 15.3. The van der Waals surface area contributed by atoms with Crippen LogP contribution in [0, 0.1) is 5.41 Å². The summed E-state index contributed by atoms with van der Waals surface area (Å²) in [5.74, 6) is -0.843. The first-order chi connectivity index (χ1) is 8.95. The average Bonchev–Trinajstić information content (AvgIpc) is 2.29. The van der Waals surface area contributed by atoms with E-state index in [1.165, 1.54) is 11.1 Å². The van der Waals surface area contributed by atoms with Crippen molar-refractivity contribution in [3.8, 4) is 0 Å². The molecule has 1 aromatic carbocycles. The lowest BCUT2D eigenvalue weighted by molar-refractivity contribution is 0.0696. The van der Waals surface area contributed by atoms with Crippen LogP contribution in [0.3, 0.4) is 0 Å². The summed E-state index contributed by atoms with van der Waals surface area (Å²) in [7, 11) is 0. The summed E-state index contributed by atoms with van der Waals surface area (Å²) in [4.78, 5) is 11.3. The van der Waals surface area contributed by atoms with Crippen LogP contribution < -0.4 is 0 Å². The maximum atomic E-state index is 11.3. The number of carbonyl (C=O) groups is 1. The van der Waals surface area contributed by atoms with Gasteiger partial charge in [0.15, 0.2) is 0 Å². The summed E-state index contributed by atoms with van der Waals surface area (Å²) in [6.45, 7) is 13.7. The molecule has 1 N–H and O–H groups in total. The van der Waals surface area contributed by atoms with Gasteiger partial charge in [-0.1, -0.05) is 47.6 Å². The van der Waals surface area contributed by atoms with Gasteiger partial charge in [-0.3, -0.25) is 0 Å². The minimum Gasteiger partial charge on any atom is -0.478 e. The molecule has 0 saturated heterocycles. The fourth-order valence-corrected chi connectivity index (χ4v) is 4.47. The number of carboxylic acid groups (broad SMARTS) is 1. The lowest BCUT2D eigenvalue weighted by Crippen LogP contribution is -2.26. The molecular weight excluding hydrogens is 248 g/mol. The number of fused-ring (bicyclic) bond motifs is 1. The number of benzene rings is 1. The van der Waals surface area contributed by atoms with Gasteiger partial charge in [-0.25, -0.2) is 4.79 Å². The maximum Gasteiger partial charge on any atom is 0.335 e. The van der Waals surface area contributed by atoms with Gasteiger partial charge in [-0.05, 0) is 52.3 Å². The SMILES string of the molecule is CC1(C)CC(C)(C)c2ccc(C(=O)O)cc2C(C)(C)C1. The molecule has 1 aliphatic rings. The third-order valence-electron chi connectivity index (χ3n) is 4.57. The fourth-order valence-electron chi connectivity index (χ4n) is 4.47. The van der Waals surface area contributed by atoms with E-state index in [9.17, 15) is 9.90 Å². The zero-order valence-electron chi connectivity index (χ0n) is 13.5. The third kappa shape index (κ3) is 2.61. The summed E-state index contributed by atoms with van der Waals surface area (Å²) < 4.78 is 0. The van der Waals surface area contributed by atoms with Crippen molar-refractivity contribution in [1.29, 1.82) is 0 Å². The normalized spacial score (nSPS) is 22.7. The van der Waals surface area contributed by atoms with E-state index in [-0.39, 0.29) is 16.2 Å². The van der Waals surface area contributed by atoms with E-state index in [1.807, 2.05) is 12.1 Å². The van der Waals surface area contributed by atoms with Crippen LogP contribution in [0.25, 0.3) is 0 Å². The van der Waals surface area contributed by atoms with Gasteiger partial charge in [-0.15, -0.1) is 0 Å². The molecule has 0 fully saturated rings. The van der Waals surface area contributed by atoms with Gasteiger partial charge in [0.05, 0.1) is 5.56 Å². The molecule has 110 valence electrons. The van der Waals surface area contributed by atoms with E-state index in [0.29, 0.717) is 5.56 Å². The lowest BCUT2D eigenvalue weighted by atomic mass is 9.70. The molecule has 1 aliphatic carbocycles. The summed E-state index contributed by atoms with van der Waals surface area (Å²) >= 11 is 0. The Morgan fingerprint density at radius 3 is 1.95 bits per heavy atom. The Kier molecular flexibility index (Phi) is 3.27. The summed E-state index contributed by atoms with van der Waals surface area (Å²) in [6.07, 6.45) is 2.18. The van der Waals surface area contributed by atoms with Gasteiger partial charge in [0.1, 0.15) is 0 Å². The Hall–Kier alpha value is -1.31. The molecule has 0 amide bonds. The smallest absolute Gasteiger partial charge is 0.335 e. The Morgan fingerprint density at radius 1 is 0.950 bits per heavy atom. The van der Waals surface area contributed by atoms with Crippen LogP contribution in [0.4, 0.5) is 0 Å². The minimum absolute atomic E-state index is 0.00192. The van der Waals surface area contributed by atoms with Crippen LogP contribution in [0.5, 0.6) is 0 Å². The van der Waals surface area contributed by atoms with Crippen molar-refractivity contribution >= 4 is 5.97 Å². The molecule has 0 unspecified atom stereocenters. The molecule has 0 aromatic heterocycles. The number of hydrogen-bond donors (Lipinski definition) is 1. The molecule has 2 heteroatoms. The molecule has 0 atom stereocenters. The Bertz CT molecular complexity index is 551. The van der Waals surface area contributed by atoms with Crippen molar-refractivity contribution in [1.82, 2.24) is 0 Å². The third-order valence-corrected chi connectivity index (χ3v) is 4.57. The largest absolute Gasteiger partial charge is 0.478 e. The van der Waals surface area contributed by atoms with Crippen LogP contribution in [0.1, 0.15) is 75.9 Å². The van der Waals surface area contributed by atoms with Crippen molar-refractivity contribution in [3.63, 3.8) is 0 Å². The Labute approximate surface area is 122 Å². The second-order valence-corrected chi connectivity index (χ2v) is 8.35. The zero-order valence-corrected chi connectivity index (χ0v) is 13.5. The standard InChI is InChI=1S/C18H26O2/c1-16(2)10-17(3,4)13-8-7-12(15(19)20)9-14(13)18(5,6)11-16/h7-9H,10-11H2,1-6H3,(H,19,20). The van der Waals surface area contributed by atoms with Crippen LogP contribution in [-0.2, 0) is 10.8 Å². The van der Waals surface area contributed by atoms with Crippen LogP contribution in [-0.4, -0.2) is 11.1 Å². The number of rotatable bonds is 1. The van der Waals surface area contributed by atoms with E-state index < -0.39 is 5.97 Å². The van der Waals surface area contributed by atoms with Gasteiger partial charge in [0.2, 0.25) is 0 Å². The maximum absolute atomic E-state index is 11.3. The molecule has 0 aliphatic heterocycles. The van der Waals surface area contributed by atoms with Crippen LogP contribution >= 0.6 is 0 Å². The molecular formula is C18H26O2. The number of hydrogen-bond acceptors (Lipinski definition) is 1. The van der Waals surface area contributed by atoms with Crippen LogP contribution in [0.15, 0.2) is 18.2 Å². The summed E-state index contributed by atoms with van der Waals surface area (Å²) in [5.41, 5.74) is 3.22. The van der Waals surface area contributed by atoms with Crippen molar-refractivity contribution in [2.45, 2.75) is 65.2 Å². The molecule has 0 bridgehead atoms. The van der Waals surface area contributed by atoms with Crippen molar-refractivity contribution in [3.05, 3.63) is 34.9 Å². The minimum atomic E-state index is -0.843. The van der Waals surface area contributed by atoms with E-state index >= 15 is 0 Å². The first kappa shape index (κ1) is 15.1. The highest BCUT2D eigenvalue weighted by molar-refractivity contribution is 5.88. The summed E-state index contributed by atoms with van der Waals surface area (Å²) in [5, 5.41) is 9.26. The van der Waals surface area contributed by atoms with Gasteiger partial charge in [0, 0.05) is 0 Å². The summed E-state index contributed by atoms with van der Waals surface area (Å²) in [6, 6.07) is 5.67. The van der Waals surface area contributed by atoms with Gasteiger partial charge in [0.25, 0.3) is 0 Å². The second kappa shape index (κ2) is 4.34. The molecule has 0 radical (unpaired) electrons. The van der Waals surface area contributed by atoms with Crippen LogP contribution in [0.2, 0.25) is 0 Å². The van der Waals surface area contributed by atoms with Gasteiger partial charge in [-0.2, -0.15) is 0 Å². The topological polar surface area (TPSA) is 37.3 Å². The molecule has 20 heavy (non-hydrogen) atoms. The van der Waals surface area contributed by atoms with E-state index in [0.717, 1.165) is 12.8 Å². The number of carboxylic acids is 1. The predicted molar refractivity (Wildman–Crippen MR) is 82.5 cm³/mol. The van der Waals surface area contributed by atoms with Crippen molar-refractivity contribution in [2.75, 3.05) is 0 Å². The highest BCUT2D eigenvalue weighted by atomic mass is 16.4. The highest BCUT2D eigenvalue weighted by Crippen LogP contribution is 2.50. The first-order valence-corrected chi connectivity index (χ1v) is 7.33. The van der Waals surface area contributed by atoms with E-state index in [4.69, 9.17) is 0 Å². The predicted octanol–water partition coefficient (Wildman–Crippen LogP) is 4.76. The fraction of sp³-hybridized carbons (Fsp3) is 0.611. The monoisotopic (exact) mass is 274 g/mol. The molecule has 0 spiro atoms. The highest BCUT2D eigenvalue weighted by Gasteiger charge is 2.42. The van der Waals surface area contributed by atoms with Gasteiger partial charge >= 0.3 is 5.97 Å². The Morgan fingerprint density at radius 2 is 1.45 bits per heavy atom. The number of aromatic carboxylic acids is 1. The van der Waals surface area contributed by atoms with Gasteiger partial charge < -0.3 is 5.11 Å². The van der Waals surface area contributed by atoms with Crippen molar-refractivity contribution < 1.29 is 9.90 Å². The molecule has 0 heterocycles.